The van der Waals surface area contributed by atoms with Crippen molar-refractivity contribution in [3.63, 3.8) is 0 Å². The van der Waals surface area contributed by atoms with Crippen molar-refractivity contribution >= 4 is 11.8 Å². The van der Waals surface area contributed by atoms with Crippen LogP contribution in [-0.4, -0.2) is 46.2 Å². The summed E-state index contributed by atoms with van der Waals surface area (Å²) >= 11 is 0. The topological polar surface area (TPSA) is 81.1 Å². The van der Waals surface area contributed by atoms with E-state index in [0.717, 1.165) is 17.7 Å². The SMILES string of the molecule is COc1cc(C(=O)NCC(=O)NCc2ccccc2C[NH+](C)C)ccc1OC(F)F. The molecular formula is C21H26F2N3O4+. The zero-order chi connectivity index (χ0) is 22.1. The van der Waals surface area contributed by atoms with E-state index in [-0.39, 0.29) is 29.5 Å². The maximum atomic E-state index is 12.4. The Kier molecular flexibility index (Phi) is 8.54. The molecular weight excluding hydrogens is 396 g/mol. The standard InChI is InChI=1S/C21H25F2N3O4/c1-26(2)13-16-7-5-4-6-15(16)11-24-19(27)12-25-20(28)14-8-9-17(30-21(22)23)18(10-14)29-3/h4-10,21H,11-13H2,1-3H3,(H,24,27)(H,25,28)/p+1. The summed E-state index contributed by atoms with van der Waals surface area (Å²) in [6.45, 7) is -2.05. The Morgan fingerprint density at radius 1 is 1.03 bits per heavy atom. The molecule has 0 unspecified atom stereocenters. The molecule has 30 heavy (non-hydrogen) atoms. The van der Waals surface area contributed by atoms with Crippen molar-refractivity contribution in [1.82, 2.24) is 10.6 Å². The van der Waals surface area contributed by atoms with Crippen LogP contribution < -0.4 is 25.0 Å². The van der Waals surface area contributed by atoms with Gasteiger partial charge in [-0.2, -0.15) is 8.78 Å². The van der Waals surface area contributed by atoms with Crippen LogP contribution >= 0.6 is 0 Å². The number of carbonyl (C=O) groups excluding carboxylic acids is 2. The average molecular weight is 422 g/mol. The van der Waals surface area contributed by atoms with Crippen molar-refractivity contribution in [2.45, 2.75) is 19.7 Å². The van der Waals surface area contributed by atoms with E-state index in [9.17, 15) is 18.4 Å². The molecule has 162 valence electrons. The third kappa shape index (κ3) is 7.00. The number of methoxy groups -OCH3 is 1. The highest BCUT2D eigenvalue weighted by molar-refractivity contribution is 5.97. The number of rotatable bonds is 10. The van der Waals surface area contributed by atoms with E-state index in [1.54, 1.807) is 0 Å². The van der Waals surface area contributed by atoms with Gasteiger partial charge in [-0.05, 0) is 23.8 Å². The van der Waals surface area contributed by atoms with E-state index in [1.807, 2.05) is 38.4 Å². The Labute approximate surface area is 174 Å². The number of benzene rings is 2. The summed E-state index contributed by atoms with van der Waals surface area (Å²) in [6.07, 6.45) is 0. The Morgan fingerprint density at radius 3 is 2.37 bits per heavy atom. The van der Waals surface area contributed by atoms with Crippen LogP contribution in [0.2, 0.25) is 0 Å². The molecule has 2 amide bonds. The van der Waals surface area contributed by atoms with Gasteiger partial charge in [0.1, 0.15) is 6.54 Å². The van der Waals surface area contributed by atoms with E-state index in [1.165, 1.54) is 30.2 Å². The minimum atomic E-state index is -3.01. The fourth-order valence-corrected chi connectivity index (χ4v) is 2.80. The molecule has 0 fully saturated rings. The van der Waals surface area contributed by atoms with Gasteiger partial charge in [0.25, 0.3) is 5.91 Å². The lowest BCUT2D eigenvalue weighted by molar-refractivity contribution is -0.872. The van der Waals surface area contributed by atoms with Crippen molar-refractivity contribution in [3.8, 4) is 11.5 Å². The number of alkyl halides is 2. The van der Waals surface area contributed by atoms with E-state index in [2.05, 4.69) is 15.4 Å². The molecule has 0 radical (unpaired) electrons. The van der Waals surface area contributed by atoms with Crippen molar-refractivity contribution in [2.24, 2.45) is 0 Å². The minimum absolute atomic E-state index is 0.00738. The zero-order valence-corrected chi connectivity index (χ0v) is 17.1. The fourth-order valence-electron chi connectivity index (χ4n) is 2.80. The molecule has 0 bridgehead atoms. The largest absolute Gasteiger partial charge is 0.493 e. The molecule has 2 aromatic rings. The highest BCUT2D eigenvalue weighted by Gasteiger charge is 2.15. The second-order valence-electron chi connectivity index (χ2n) is 6.86. The summed E-state index contributed by atoms with van der Waals surface area (Å²) in [5, 5.41) is 5.28. The summed E-state index contributed by atoms with van der Waals surface area (Å²) in [6, 6.07) is 11.6. The molecule has 0 heterocycles. The first-order valence-electron chi connectivity index (χ1n) is 9.33. The van der Waals surface area contributed by atoms with Crippen molar-refractivity contribution in [1.29, 1.82) is 0 Å². The monoisotopic (exact) mass is 422 g/mol. The molecule has 0 saturated heterocycles. The maximum absolute atomic E-state index is 12.4. The number of hydrogen-bond donors (Lipinski definition) is 3. The first-order chi connectivity index (χ1) is 14.3. The van der Waals surface area contributed by atoms with Gasteiger partial charge >= 0.3 is 6.61 Å². The van der Waals surface area contributed by atoms with E-state index < -0.39 is 12.5 Å². The summed E-state index contributed by atoms with van der Waals surface area (Å²) in [5.74, 6) is -1.07. The molecule has 2 rings (SSSR count). The number of ether oxygens (including phenoxy) is 2. The van der Waals surface area contributed by atoms with Crippen LogP contribution in [0.25, 0.3) is 0 Å². The quantitative estimate of drug-likeness (QED) is 0.534. The van der Waals surface area contributed by atoms with Crippen molar-refractivity contribution in [3.05, 3.63) is 59.2 Å². The fraction of sp³-hybridized carbons (Fsp3) is 0.333. The number of carbonyl (C=O) groups is 2. The van der Waals surface area contributed by atoms with Crippen LogP contribution in [0, 0.1) is 0 Å². The lowest BCUT2D eigenvalue weighted by Gasteiger charge is -2.13. The van der Waals surface area contributed by atoms with Gasteiger partial charge < -0.3 is 25.0 Å². The molecule has 0 aliphatic rings. The molecule has 7 nitrogen and oxygen atoms in total. The summed E-state index contributed by atoms with van der Waals surface area (Å²) in [5.41, 5.74) is 2.30. The van der Waals surface area contributed by atoms with Crippen LogP contribution in [0.3, 0.4) is 0 Å². The minimum Gasteiger partial charge on any atom is -0.493 e. The normalized spacial score (nSPS) is 10.8. The maximum Gasteiger partial charge on any atom is 0.387 e. The molecule has 0 saturated carbocycles. The third-order valence-electron chi connectivity index (χ3n) is 4.19. The smallest absolute Gasteiger partial charge is 0.387 e. The van der Waals surface area contributed by atoms with E-state index in [0.29, 0.717) is 6.54 Å². The van der Waals surface area contributed by atoms with E-state index in [4.69, 9.17) is 4.74 Å². The first kappa shape index (κ1) is 23.1. The van der Waals surface area contributed by atoms with E-state index >= 15 is 0 Å². The van der Waals surface area contributed by atoms with Gasteiger partial charge in [0.05, 0.1) is 27.7 Å². The van der Waals surface area contributed by atoms with Gasteiger partial charge in [0, 0.05) is 17.7 Å². The molecule has 0 aliphatic carbocycles. The van der Waals surface area contributed by atoms with Gasteiger partial charge in [-0.3, -0.25) is 9.59 Å². The van der Waals surface area contributed by atoms with Crippen molar-refractivity contribution in [2.75, 3.05) is 27.7 Å². The second-order valence-corrected chi connectivity index (χ2v) is 6.86. The Hall–Kier alpha value is -3.20. The number of amides is 2. The Balaban J connectivity index is 1.90. The molecule has 0 spiro atoms. The molecule has 2 aromatic carbocycles. The lowest BCUT2D eigenvalue weighted by Crippen LogP contribution is -3.04. The van der Waals surface area contributed by atoms with Gasteiger partial charge in [-0.15, -0.1) is 0 Å². The molecule has 0 aromatic heterocycles. The van der Waals surface area contributed by atoms with Crippen LogP contribution in [0.5, 0.6) is 11.5 Å². The highest BCUT2D eigenvalue weighted by atomic mass is 19.3. The highest BCUT2D eigenvalue weighted by Crippen LogP contribution is 2.29. The van der Waals surface area contributed by atoms with Gasteiger partial charge in [-0.25, -0.2) is 0 Å². The van der Waals surface area contributed by atoms with Gasteiger partial charge in [0.2, 0.25) is 5.91 Å². The third-order valence-corrected chi connectivity index (χ3v) is 4.19. The predicted octanol–water partition coefficient (Wildman–Crippen LogP) is 0.987. The summed E-state index contributed by atoms with van der Waals surface area (Å²) in [4.78, 5) is 25.7. The number of halogens is 2. The second kappa shape index (κ2) is 11.1. The zero-order valence-electron chi connectivity index (χ0n) is 17.1. The molecule has 3 N–H and O–H groups in total. The van der Waals surface area contributed by atoms with Crippen LogP contribution in [-0.2, 0) is 17.9 Å². The Bertz CT molecular complexity index is 875. The predicted molar refractivity (Wildman–Crippen MR) is 107 cm³/mol. The summed E-state index contributed by atoms with van der Waals surface area (Å²) in [7, 11) is 5.37. The Morgan fingerprint density at radius 2 is 1.73 bits per heavy atom. The van der Waals surface area contributed by atoms with Crippen molar-refractivity contribution < 1.29 is 32.7 Å². The molecule has 0 aliphatic heterocycles. The number of hydrogen-bond acceptors (Lipinski definition) is 4. The van der Waals surface area contributed by atoms with Crippen LogP contribution in [0.1, 0.15) is 21.5 Å². The average Bonchev–Trinajstić information content (AvgIpc) is 2.70. The lowest BCUT2D eigenvalue weighted by atomic mass is 10.1. The molecule has 0 atom stereocenters. The van der Waals surface area contributed by atoms with Crippen LogP contribution in [0.4, 0.5) is 8.78 Å². The first-order valence-corrected chi connectivity index (χ1v) is 9.33. The number of nitrogens with one attached hydrogen (secondary N) is 3. The van der Waals surface area contributed by atoms with Gasteiger partial charge in [0.15, 0.2) is 11.5 Å². The van der Waals surface area contributed by atoms with Crippen LogP contribution in [0.15, 0.2) is 42.5 Å². The molecule has 9 heteroatoms. The van der Waals surface area contributed by atoms with Gasteiger partial charge in [-0.1, -0.05) is 24.3 Å². The summed E-state index contributed by atoms with van der Waals surface area (Å²) < 4.78 is 34.1. The number of quaternary nitrogens is 1.